The molecule has 0 bridgehead atoms. The number of likely N-dealkylation sites (N-methyl/N-ethyl adjacent to an activating group) is 1. The summed E-state index contributed by atoms with van der Waals surface area (Å²) < 4.78 is 22.7. The Labute approximate surface area is 137 Å². The van der Waals surface area contributed by atoms with Crippen LogP contribution in [0.4, 0.5) is 0 Å². The van der Waals surface area contributed by atoms with Gasteiger partial charge in [-0.3, -0.25) is 4.79 Å². The summed E-state index contributed by atoms with van der Waals surface area (Å²) in [6.07, 6.45) is 3.39. The number of allylic oxidation sites excluding steroid dienone is 1. The van der Waals surface area contributed by atoms with Crippen LogP contribution in [0.15, 0.2) is 30.3 Å². The van der Waals surface area contributed by atoms with Crippen LogP contribution in [0.5, 0.6) is 0 Å². The van der Waals surface area contributed by atoms with E-state index in [2.05, 4.69) is 0 Å². The number of hydrogen-bond acceptors (Lipinski definition) is 3. The second-order valence-electron chi connectivity index (χ2n) is 5.42. The van der Waals surface area contributed by atoms with Crippen molar-refractivity contribution in [2.24, 2.45) is 0 Å². The van der Waals surface area contributed by atoms with Crippen LogP contribution in [0.2, 0.25) is 5.02 Å². The highest BCUT2D eigenvalue weighted by atomic mass is 35.5. The first kappa shape index (κ1) is 18.7. The first-order valence-corrected chi connectivity index (χ1v) is 9.49. The zero-order valence-electron chi connectivity index (χ0n) is 13.3. The molecule has 1 amide bonds. The molecule has 0 N–H and O–H groups in total. The summed E-state index contributed by atoms with van der Waals surface area (Å²) in [6, 6.07) is 6.94. The Morgan fingerprint density at radius 3 is 2.55 bits per heavy atom. The molecule has 22 heavy (non-hydrogen) atoms. The summed E-state index contributed by atoms with van der Waals surface area (Å²) in [5.74, 6) is -0.269. The first-order valence-electron chi connectivity index (χ1n) is 7.05. The molecule has 0 aliphatic rings. The van der Waals surface area contributed by atoms with Crippen molar-refractivity contribution < 1.29 is 13.2 Å². The molecule has 122 valence electrons. The molecule has 1 aromatic rings. The fourth-order valence-corrected chi connectivity index (χ4v) is 3.39. The fraction of sp³-hybridized carbons (Fsp3) is 0.438. The lowest BCUT2D eigenvalue weighted by Crippen LogP contribution is -2.38. The number of sulfone groups is 1. The maximum atomic E-state index is 12.3. The molecule has 0 spiro atoms. The number of carbonyl (C=O) groups excluding carboxylic acids is 1. The van der Waals surface area contributed by atoms with Crippen molar-refractivity contribution in [3.63, 3.8) is 0 Å². The molecule has 1 unspecified atom stereocenters. The molecular formula is C16H22ClNO3S. The number of carbonyl (C=O) groups is 1. The predicted octanol–water partition coefficient (Wildman–Crippen LogP) is 3.02. The van der Waals surface area contributed by atoms with E-state index < -0.39 is 9.84 Å². The fourth-order valence-electron chi connectivity index (χ4n) is 2.10. The monoisotopic (exact) mass is 343 g/mol. The van der Waals surface area contributed by atoms with E-state index in [1.807, 2.05) is 25.1 Å². The third-order valence-corrected chi connectivity index (χ3v) is 4.75. The number of amides is 1. The van der Waals surface area contributed by atoms with Gasteiger partial charge in [0.05, 0.1) is 5.75 Å². The molecule has 0 aliphatic carbocycles. The largest absolute Gasteiger partial charge is 0.338 e. The Morgan fingerprint density at radius 1 is 1.41 bits per heavy atom. The van der Waals surface area contributed by atoms with Crippen LogP contribution in [-0.2, 0) is 14.6 Å². The molecule has 0 saturated carbocycles. The maximum absolute atomic E-state index is 12.3. The number of rotatable bonds is 6. The molecule has 0 saturated heterocycles. The third-order valence-electron chi connectivity index (χ3n) is 3.43. The van der Waals surface area contributed by atoms with Crippen molar-refractivity contribution in [2.75, 3.05) is 19.1 Å². The van der Waals surface area contributed by atoms with Gasteiger partial charge in [0.2, 0.25) is 5.91 Å². The van der Waals surface area contributed by atoms with E-state index in [1.165, 1.54) is 11.2 Å². The van der Waals surface area contributed by atoms with Gasteiger partial charge in [-0.25, -0.2) is 8.42 Å². The molecule has 1 atom stereocenters. The number of nitrogens with zero attached hydrogens (tertiary/aromatic N) is 1. The van der Waals surface area contributed by atoms with Crippen molar-refractivity contribution in [2.45, 2.75) is 26.3 Å². The van der Waals surface area contributed by atoms with Gasteiger partial charge in [0.25, 0.3) is 0 Å². The first-order chi connectivity index (χ1) is 10.1. The number of hydrogen-bond donors (Lipinski definition) is 0. The normalized spacial score (nSPS) is 13.8. The maximum Gasteiger partial charge on any atom is 0.246 e. The standard InChI is InChI=1S/C16H22ClNO3S/c1-5-13(14-7-6-8-15(17)9-14)10-16(19)18(3)12(2)11-22(4,20)21/h6-10,12H,5,11H2,1-4H3. The Bertz CT molecular complexity index is 668. The van der Waals surface area contributed by atoms with Gasteiger partial charge >= 0.3 is 0 Å². The van der Waals surface area contributed by atoms with Crippen LogP contribution in [0, 0.1) is 0 Å². The van der Waals surface area contributed by atoms with E-state index in [9.17, 15) is 13.2 Å². The van der Waals surface area contributed by atoms with Crippen molar-refractivity contribution in [3.8, 4) is 0 Å². The van der Waals surface area contributed by atoms with Crippen LogP contribution < -0.4 is 0 Å². The lowest BCUT2D eigenvalue weighted by Gasteiger charge is -2.23. The Kier molecular flexibility index (Phi) is 6.63. The highest BCUT2D eigenvalue weighted by Crippen LogP contribution is 2.21. The molecule has 6 heteroatoms. The summed E-state index contributed by atoms with van der Waals surface area (Å²) in [5, 5.41) is 0.614. The predicted molar refractivity (Wildman–Crippen MR) is 91.7 cm³/mol. The van der Waals surface area contributed by atoms with E-state index in [4.69, 9.17) is 11.6 Å². The molecule has 1 rings (SSSR count). The Hall–Kier alpha value is -1.33. The van der Waals surface area contributed by atoms with E-state index >= 15 is 0 Å². The lowest BCUT2D eigenvalue weighted by atomic mass is 10.0. The molecule has 1 aromatic carbocycles. The highest BCUT2D eigenvalue weighted by Gasteiger charge is 2.19. The van der Waals surface area contributed by atoms with Gasteiger partial charge in [0.15, 0.2) is 0 Å². The molecule has 4 nitrogen and oxygen atoms in total. The van der Waals surface area contributed by atoms with Crippen molar-refractivity contribution in [3.05, 3.63) is 40.9 Å². The Morgan fingerprint density at radius 2 is 2.05 bits per heavy atom. The summed E-state index contributed by atoms with van der Waals surface area (Å²) in [4.78, 5) is 13.8. The van der Waals surface area contributed by atoms with Crippen molar-refractivity contribution in [1.29, 1.82) is 0 Å². The lowest BCUT2D eigenvalue weighted by molar-refractivity contribution is -0.126. The number of halogens is 1. The second-order valence-corrected chi connectivity index (χ2v) is 8.05. The zero-order chi connectivity index (χ0) is 16.9. The minimum Gasteiger partial charge on any atom is -0.338 e. The Balaban J connectivity index is 2.95. The smallest absolute Gasteiger partial charge is 0.246 e. The molecular weight excluding hydrogens is 322 g/mol. The minimum atomic E-state index is -3.13. The van der Waals surface area contributed by atoms with Crippen molar-refractivity contribution in [1.82, 2.24) is 4.90 Å². The second kappa shape index (κ2) is 7.79. The topological polar surface area (TPSA) is 54.5 Å². The van der Waals surface area contributed by atoms with Gasteiger partial charge in [0, 0.05) is 30.4 Å². The van der Waals surface area contributed by atoms with Gasteiger partial charge in [0.1, 0.15) is 9.84 Å². The quantitative estimate of drug-likeness (QED) is 0.746. The molecule has 0 aliphatic heterocycles. The van der Waals surface area contributed by atoms with Gasteiger partial charge in [-0.2, -0.15) is 0 Å². The molecule has 0 aromatic heterocycles. The van der Waals surface area contributed by atoms with Crippen LogP contribution in [0.3, 0.4) is 0 Å². The average Bonchev–Trinajstić information content (AvgIpc) is 2.41. The van der Waals surface area contributed by atoms with Gasteiger partial charge in [-0.15, -0.1) is 0 Å². The summed E-state index contributed by atoms with van der Waals surface area (Å²) in [7, 11) is -1.51. The third kappa shape index (κ3) is 5.81. The van der Waals surface area contributed by atoms with E-state index in [1.54, 1.807) is 26.1 Å². The van der Waals surface area contributed by atoms with Crippen LogP contribution in [-0.4, -0.2) is 44.3 Å². The number of benzene rings is 1. The SMILES string of the molecule is CCC(=CC(=O)N(C)C(C)CS(C)(=O)=O)c1cccc(Cl)c1. The van der Waals surface area contributed by atoms with Crippen LogP contribution >= 0.6 is 11.6 Å². The van der Waals surface area contributed by atoms with Crippen LogP contribution in [0.1, 0.15) is 25.8 Å². The minimum absolute atomic E-state index is 0.0539. The van der Waals surface area contributed by atoms with Crippen molar-refractivity contribution >= 4 is 32.9 Å². The average molecular weight is 344 g/mol. The van der Waals surface area contributed by atoms with E-state index in [0.717, 1.165) is 11.1 Å². The van der Waals surface area contributed by atoms with Crippen LogP contribution in [0.25, 0.3) is 5.57 Å². The van der Waals surface area contributed by atoms with Gasteiger partial charge in [-0.05, 0) is 36.6 Å². The molecule has 0 fully saturated rings. The van der Waals surface area contributed by atoms with E-state index in [0.29, 0.717) is 11.4 Å². The molecule has 0 heterocycles. The highest BCUT2D eigenvalue weighted by molar-refractivity contribution is 7.90. The summed E-state index contributed by atoms with van der Waals surface area (Å²) in [5.41, 5.74) is 1.76. The zero-order valence-corrected chi connectivity index (χ0v) is 14.9. The summed E-state index contributed by atoms with van der Waals surface area (Å²) in [6.45, 7) is 3.68. The van der Waals surface area contributed by atoms with Gasteiger partial charge < -0.3 is 4.90 Å². The van der Waals surface area contributed by atoms with Gasteiger partial charge in [-0.1, -0.05) is 30.7 Å². The summed E-state index contributed by atoms with van der Waals surface area (Å²) >= 11 is 5.98. The molecule has 0 radical (unpaired) electrons. The van der Waals surface area contributed by atoms with E-state index in [-0.39, 0.29) is 17.7 Å².